The third-order valence-electron chi connectivity index (χ3n) is 5.71. The molecule has 0 spiro atoms. The van der Waals surface area contributed by atoms with Gasteiger partial charge in [0.25, 0.3) is 0 Å². The summed E-state index contributed by atoms with van der Waals surface area (Å²) in [4.78, 5) is 18.9. The molecule has 2 saturated heterocycles. The molecule has 9 nitrogen and oxygen atoms in total. The number of nitrogens with zero attached hydrogens (tertiary/aromatic N) is 3. The first kappa shape index (κ1) is 22.7. The number of hydrogen-bond donors (Lipinski definition) is 2. The minimum atomic E-state index is -3.53. The van der Waals surface area contributed by atoms with Crippen molar-refractivity contribution in [3.05, 3.63) is 48.7 Å². The number of sulfonamides is 1. The third kappa shape index (κ3) is 5.83. The van der Waals surface area contributed by atoms with Crippen LogP contribution >= 0.6 is 0 Å². The largest absolute Gasteiger partial charge is 0.379 e. The van der Waals surface area contributed by atoms with Gasteiger partial charge in [-0.3, -0.25) is 9.69 Å². The number of ether oxygens (including phenoxy) is 1. The molecule has 2 N–H and O–H groups in total. The molecule has 0 radical (unpaired) electrons. The molecule has 2 aliphatic heterocycles. The van der Waals surface area contributed by atoms with Gasteiger partial charge in [0.05, 0.1) is 19.8 Å². The summed E-state index contributed by atoms with van der Waals surface area (Å²) in [7, 11) is -3.53. The minimum Gasteiger partial charge on any atom is -0.379 e. The molecule has 2 fully saturated rings. The topological polar surface area (TPSA) is 104 Å². The molecule has 172 valence electrons. The molecule has 0 unspecified atom stereocenters. The molecule has 32 heavy (non-hydrogen) atoms. The van der Waals surface area contributed by atoms with Gasteiger partial charge in [-0.2, -0.15) is 4.31 Å². The van der Waals surface area contributed by atoms with Gasteiger partial charge in [-0.25, -0.2) is 13.4 Å². The van der Waals surface area contributed by atoms with E-state index in [2.05, 4.69) is 20.5 Å². The molecule has 0 saturated carbocycles. The highest BCUT2D eigenvalue weighted by Crippen LogP contribution is 2.20. The van der Waals surface area contributed by atoms with E-state index in [-0.39, 0.29) is 16.8 Å². The van der Waals surface area contributed by atoms with Gasteiger partial charge in [0, 0.05) is 44.1 Å². The van der Waals surface area contributed by atoms with E-state index in [1.165, 1.54) is 10.5 Å². The number of hydrogen-bond acceptors (Lipinski definition) is 7. The number of para-hydroxylation sites is 1. The van der Waals surface area contributed by atoms with Gasteiger partial charge in [0.1, 0.15) is 10.7 Å². The Morgan fingerprint density at radius 3 is 2.41 bits per heavy atom. The van der Waals surface area contributed by atoms with E-state index in [9.17, 15) is 13.2 Å². The van der Waals surface area contributed by atoms with Crippen LogP contribution in [0.4, 0.5) is 11.5 Å². The SMILES string of the molecule is O=C(CN1CCC(Nc2ccc(S(=O)(=O)N3CCOCC3)cn2)CC1)Nc1ccccc1. The highest BCUT2D eigenvalue weighted by atomic mass is 32.2. The average Bonchev–Trinajstić information content (AvgIpc) is 2.82. The van der Waals surface area contributed by atoms with Crippen molar-refractivity contribution in [1.82, 2.24) is 14.2 Å². The molecule has 1 amide bonds. The number of piperidine rings is 1. The number of benzene rings is 1. The number of morpholine rings is 1. The van der Waals surface area contributed by atoms with Gasteiger partial charge in [0.2, 0.25) is 15.9 Å². The van der Waals surface area contributed by atoms with E-state index < -0.39 is 10.0 Å². The van der Waals surface area contributed by atoms with E-state index in [0.29, 0.717) is 38.7 Å². The fraction of sp³-hybridized carbons (Fsp3) is 0.455. The Balaban J connectivity index is 1.24. The third-order valence-corrected chi connectivity index (χ3v) is 7.59. The molecule has 0 atom stereocenters. The Morgan fingerprint density at radius 2 is 1.75 bits per heavy atom. The summed E-state index contributed by atoms with van der Waals surface area (Å²) in [6.45, 7) is 3.55. The lowest BCUT2D eigenvalue weighted by Gasteiger charge is -2.32. The number of rotatable bonds is 7. The van der Waals surface area contributed by atoms with Crippen molar-refractivity contribution in [2.24, 2.45) is 0 Å². The van der Waals surface area contributed by atoms with Crippen LogP contribution in [0.5, 0.6) is 0 Å². The zero-order valence-corrected chi connectivity index (χ0v) is 18.8. The van der Waals surface area contributed by atoms with Crippen LogP contribution in [0.2, 0.25) is 0 Å². The van der Waals surface area contributed by atoms with Crippen molar-refractivity contribution in [1.29, 1.82) is 0 Å². The summed E-state index contributed by atoms with van der Waals surface area (Å²) in [6.07, 6.45) is 3.18. The Kier molecular flexibility index (Phi) is 7.36. The molecule has 3 heterocycles. The van der Waals surface area contributed by atoms with E-state index >= 15 is 0 Å². The number of nitrogens with one attached hydrogen (secondary N) is 2. The zero-order valence-electron chi connectivity index (χ0n) is 17.9. The maximum Gasteiger partial charge on any atom is 0.244 e. The van der Waals surface area contributed by atoms with Crippen LogP contribution in [0.1, 0.15) is 12.8 Å². The number of pyridine rings is 1. The van der Waals surface area contributed by atoms with Gasteiger partial charge in [-0.15, -0.1) is 0 Å². The summed E-state index contributed by atoms with van der Waals surface area (Å²) in [5, 5.41) is 6.30. The molecule has 4 rings (SSSR count). The van der Waals surface area contributed by atoms with Gasteiger partial charge >= 0.3 is 0 Å². The van der Waals surface area contributed by atoms with Crippen LogP contribution in [0.15, 0.2) is 53.6 Å². The van der Waals surface area contributed by atoms with Crippen molar-refractivity contribution in [3.63, 3.8) is 0 Å². The minimum absolute atomic E-state index is 0.0126. The quantitative estimate of drug-likeness (QED) is 0.648. The molecular formula is C22H29N5O4S. The molecule has 10 heteroatoms. The van der Waals surface area contributed by atoms with Crippen LogP contribution in [0.25, 0.3) is 0 Å². The van der Waals surface area contributed by atoms with E-state index in [0.717, 1.165) is 31.6 Å². The van der Waals surface area contributed by atoms with Crippen LogP contribution < -0.4 is 10.6 Å². The summed E-state index contributed by atoms with van der Waals surface area (Å²) >= 11 is 0. The maximum absolute atomic E-state index is 12.7. The summed E-state index contributed by atoms with van der Waals surface area (Å²) in [6, 6.07) is 13.0. The molecule has 2 aromatic rings. The van der Waals surface area contributed by atoms with Crippen molar-refractivity contribution in [2.45, 2.75) is 23.8 Å². The smallest absolute Gasteiger partial charge is 0.244 e. The number of amides is 1. The molecule has 1 aromatic carbocycles. The lowest BCUT2D eigenvalue weighted by molar-refractivity contribution is -0.117. The number of aromatic nitrogens is 1. The van der Waals surface area contributed by atoms with Gasteiger partial charge in [-0.1, -0.05) is 18.2 Å². The monoisotopic (exact) mass is 459 g/mol. The Morgan fingerprint density at radius 1 is 1.03 bits per heavy atom. The van der Waals surface area contributed by atoms with Crippen molar-refractivity contribution < 1.29 is 17.9 Å². The van der Waals surface area contributed by atoms with Gasteiger partial charge < -0.3 is 15.4 Å². The van der Waals surface area contributed by atoms with Gasteiger partial charge in [-0.05, 0) is 37.1 Å². The lowest BCUT2D eigenvalue weighted by Crippen LogP contribution is -2.42. The lowest BCUT2D eigenvalue weighted by atomic mass is 10.1. The first-order chi connectivity index (χ1) is 15.5. The van der Waals surface area contributed by atoms with Gasteiger partial charge in [0.15, 0.2) is 0 Å². The van der Waals surface area contributed by atoms with Crippen LogP contribution in [0, 0.1) is 0 Å². The van der Waals surface area contributed by atoms with Crippen molar-refractivity contribution in [3.8, 4) is 0 Å². The first-order valence-corrected chi connectivity index (χ1v) is 12.3. The average molecular weight is 460 g/mol. The number of anilines is 2. The number of likely N-dealkylation sites (tertiary alicyclic amines) is 1. The molecule has 0 aliphatic carbocycles. The zero-order chi connectivity index (χ0) is 22.4. The van der Waals surface area contributed by atoms with Crippen LogP contribution in [-0.4, -0.2) is 80.5 Å². The molecular weight excluding hydrogens is 430 g/mol. The van der Waals surface area contributed by atoms with E-state index in [4.69, 9.17) is 4.74 Å². The Bertz CT molecular complexity index is 987. The molecule has 2 aliphatic rings. The first-order valence-electron chi connectivity index (χ1n) is 10.9. The highest BCUT2D eigenvalue weighted by Gasteiger charge is 2.27. The standard InChI is InChI=1S/C22H29N5O4S/c28-22(25-18-4-2-1-3-5-18)17-26-10-8-19(9-11-26)24-21-7-6-20(16-23-21)32(29,30)27-12-14-31-15-13-27/h1-7,16,19H,8-15,17H2,(H,23,24)(H,25,28). The second kappa shape index (κ2) is 10.4. The highest BCUT2D eigenvalue weighted by molar-refractivity contribution is 7.89. The summed E-state index contributed by atoms with van der Waals surface area (Å²) < 4.78 is 32.1. The van der Waals surface area contributed by atoms with Crippen molar-refractivity contribution >= 4 is 27.4 Å². The predicted molar refractivity (Wildman–Crippen MR) is 122 cm³/mol. The molecule has 0 bridgehead atoms. The number of carbonyl (C=O) groups is 1. The Labute approximate surface area is 188 Å². The normalized spacial score (nSPS) is 18.9. The Hall–Kier alpha value is -2.53. The molecule has 1 aromatic heterocycles. The fourth-order valence-electron chi connectivity index (χ4n) is 3.92. The number of carbonyl (C=O) groups excluding carboxylic acids is 1. The second-order valence-corrected chi connectivity index (χ2v) is 9.94. The van der Waals surface area contributed by atoms with Crippen LogP contribution in [-0.2, 0) is 19.6 Å². The summed E-state index contributed by atoms with van der Waals surface area (Å²) in [5.41, 5.74) is 0.805. The van der Waals surface area contributed by atoms with E-state index in [1.807, 2.05) is 30.3 Å². The van der Waals surface area contributed by atoms with Crippen molar-refractivity contribution in [2.75, 3.05) is 56.6 Å². The summed E-state index contributed by atoms with van der Waals surface area (Å²) in [5.74, 6) is 0.646. The van der Waals surface area contributed by atoms with Crippen LogP contribution in [0.3, 0.4) is 0 Å². The van der Waals surface area contributed by atoms with E-state index in [1.54, 1.807) is 12.1 Å². The maximum atomic E-state index is 12.7. The predicted octanol–water partition coefficient (Wildman–Crippen LogP) is 1.62. The fourth-order valence-corrected chi connectivity index (χ4v) is 5.28. The second-order valence-electron chi connectivity index (χ2n) is 8.00.